The Morgan fingerprint density at radius 2 is 1.75 bits per heavy atom. The zero-order valence-electron chi connectivity index (χ0n) is 20.6. The lowest BCUT2D eigenvalue weighted by Crippen LogP contribution is -2.31. The van der Waals surface area contributed by atoms with Gasteiger partial charge in [0.25, 0.3) is 5.91 Å². The number of fused-ring (bicyclic) bond motifs is 1. The molecule has 2 aliphatic carbocycles. The quantitative estimate of drug-likeness (QED) is 0.404. The third kappa shape index (κ3) is 5.29. The second-order valence-corrected chi connectivity index (χ2v) is 9.96. The highest BCUT2D eigenvalue weighted by molar-refractivity contribution is 5.96. The van der Waals surface area contributed by atoms with E-state index in [1.54, 1.807) is 12.1 Å². The average molecular weight is 488 g/mol. The number of allylic oxidation sites excluding steroid dienone is 1. The zero-order valence-corrected chi connectivity index (χ0v) is 20.6. The maximum absolute atomic E-state index is 13.6. The second-order valence-electron chi connectivity index (χ2n) is 9.96. The summed E-state index contributed by atoms with van der Waals surface area (Å²) in [6.45, 7) is -0.184. The Kier molecular flexibility index (Phi) is 7.61. The molecule has 3 aromatic rings. The van der Waals surface area contributed by atoms with Crippen molar-refractivity contribution in [2.75, 3.05) is 6.61 Å². The minimum atomic E-state index is -0.491. The van der Waals surface area contributed by atoms with Gasteiger partial charge in [-0.1, -0.05) is 61.7 Å². The Labute approximate surface area is 212 Å². The lowest BCUT2D eigenvalue weighted by atomic mass is 9.94. The molecule has 1 saturated carbocycles. The highest BCUT2D eigenvalue weighted by Gasteiger charge is 2.31. The molecule has 0 saturated heterocycles. The van der Waals surface area contributed by atoms with Gasteiger partial charge in [0.2, 0.25) is 0 Å². The van der Waals surface area contributed by atoms with E-state index in [1.165, 1.54) is 31.4 Å². The largest absolute Gasteiger partial charge is 0.394 e. The van der Waals surface area contributed by atoms with Crippen LogP contribution in [0.3, 0.4) is 0 Å². The van der Waals surface area contributed by atoms with Crippen molar-refractivity contribution >= 4 is 17.6 Å². The Hall–Kier alpha value is -3.25. The molecule has 1 amide bonds. The summed E-state index contributed by atoms with van der Waals surface area (Å²) < 4.78 is 15.7. The van der Waals surface area contributed by atoms with Crippen LogP contribution in [0, 0.1) is 5.82 Å². The predicted molar refractivity (Wildman–Crippen MR) is 140 cm³/mol. The first-order valence-corrected chi connectivity index (χ1v) is 13.2. The smallest absolute Gasteiger partial charge is 0.272 e. The summed E-state index contributed by atoms with van der Waals surface area (Å²) in [4.78, 5) is 13.6. The fourth-order valence-corrected chi connectivity index (χ4v) is 5.60. The van der Waals surface area contributed by atoms with Crippen LogP contribution in [0.5, 0.6) is 0 Å². The fourth-order valence-electron chi connectivity index (χ4n) is 5.60. The molecule has 2 aliphatic rings. The van der Waals surface area contributed by atoms with Crippen LogP contribution in [0.4, 0.5) is 4.39 Å². The third-order valence-electron chi connectivity index (χ3n) is 7.47. The molecule has 5 rings (SSSR count). The molecule has 36 heavy (non-hydrogen) atoms. The zero-order chi connectivity index (χ0) is 24.9. The van der Waals surface area contributed by atoms with Crippen LogP contribution in [0.1, 0.15) is 96.3 Å². The van der Waals surface area contributed by atoms with Crippen LogP contribution in [-0.4, -0.2) is 27.4 Å². The third-order valence-corrected chi connectivity index (χ3v) is 7.47. The topological polar surface area (TPSA) is 67.2 Å². The molecule has 0 radical (unpaired) electrons. The van der Waals surface area contributed by atoms with Crippen LogP contribution in [0.15, 0.2) is 54.6 Å². The van der Waals surface area contributed by atoms with Crippen LogP contribution >= 0.6 is 0 Å². The van der Waals surface area contributed by atoms with Crippen molar-refractivity contribution in [2.45, 2.75) is 69.9 Å². The monoisotopic (exact) mass is 487 g/mol. The standard InChI is InChI=1S/C30H34FN3O2/c31-24-17-15-21(16-18-24)19-23-11-7-8-14-26-28(33-34(29(23)26)25-12-5-2-6-13-25)30(36)32-27(20-35)22-9-3-1-4-10-22/h1,3-4,9-10,15-19,25,27,35H,2,5-8,11-14,20H2,(H,32,36)/t27-/m0/s1. The molecule has 1 atom stereocenters. The molecular weight excluding hydrogens is 453 g/mol. The first kappa shape index (κ1) is 24.4. The van der Waals surface area contributed by atoms with Gasteiger partial charge in [-0.05, 0) is 73.4 Å². The number of carbonyl (C=O) groups is 1. The molecule has 2 aromatic carbocycles. The fraction of sp³-hybridized carbons (Fsp3) is 0.400. The van der Waals surface area contributed by atoms with Gasteiger partial charge in [-0.3, -0.25) is 9.48 Å². The maximum atomic E-state index is 13.6. The van der Waals surface area contributed by atoms with Crippen LogP contribution < -0.4 is 5.32 Å². The number of amides is 1. The Morgan fingerprint density at radius 1 is 1.03 bits per heavy atom. The summed E-state index contributed by atoms with van der Waals surface area (Å²) in [6, 6.07) is 15.9. The molecule has 0 spiro atoms. The van der Waals surface area contributed by atoms with E-state index in [0.717, 1.165) is 66.5 Å². The average Bonchev–Trinajstić information content (AvgIpc) is 3.19. The molecule has 1 fully saturated rings. The molecule has 6 heteroatoms. The number of nitrogens with zero attached hydrogens (tertiary/aromatic N) is 2. The number of halogens is 1. The summed E-state index contributed by atoms with van der Waals surface area (Å²) in [6.07, 6.45) is 11.5. The first-order valence-electron chi connectivity index (χ1n) is 13.2. The van der Waals surface area contributed by atoms with Gasteiger partial charge < -0.3 is 10.4 Å². The van der Waals surface area contributed by atoms with Gasteiger partial charge in [0.05, 0.1) is 24.4 Å². The van der Waals surface area contributed by atoms with Crippen LogP contribution in [0.25, 0.3) is 11.6 Å². The maximum Gasteiger partial charge on any atom is 0.272 e. The van der Waals surface area contributed by atoms with Gasteiger partial charge in [-0.25, -0.2) is 4.39 Å². The van der Waals surface area contributed by atoms with Crippen molar-refractivity contribution < 1.29 is 14.3 Å². The van der Waals surface area contributed by atoms with Crippen molar-refractivity contribution in [2.24, 2.45) is 0 Å². The molecule has 0 bridgehead atoms. The molecule has 2 N–H and O–H groups in total. The summed E-state index contributed by atoms with van der Waals surface area (Å²) in [5.74, 6) is -0.492. The van der Waals surface area contributed by atoms with E-state index < -0.39 is 6.04 Å². The molecular formula is C30H34FN3O2. The van der Waals surface area contributed by atoms with Crippen molar-refractivity contribution in [1.29, 1.82) is 0 Å². The van der Waals surface area contributed by atoms with E-state index in [9.17, 15) is 14.3 Å². The molecule has 5 nitrogen and oxygen atoms in total. The van der Waals surface area contributed by atoms with Gasteiger partial charge in [0.1, 0.15) is 5.82 Å². The molecule has 188 valence electrons. The normalized spacial score (nSPS) is 18.4. The summed E-state index contributed by atoms with van der Waals surface area (Å²) >= 11 is 0. The van der Waals surface area contributed by atoms with Crippen molar-refractivity contribution in [3.8, 4) is 0 Å². The molecule has 1 aromatic heterocycles. The summed E-state index contributed by atoms with van der Waals surface area (Å²) in [5, 5.41) is 18.0. The van der Waals surface area contributed by atoms with E-state index in [2.05, 4.69) is 16.1 Å². The van der Waals surface area contributed by atoms with E-state index in [1.807, 2.05) is 30.3 Å². The Balaban J connectivity index is 1.56. The second kappa shape index (κ2) is 11.2. The Morgan fingerprint density at radius 3 is 2.47 bits per heavy atom. The van der Waals surface area contributed by atoms with Gasteiger partial charge in [-0.2, -0.15) is 5.10 Å². The molecule has 0 unspecified atom stereocenters. The minimum absolute atomic E-state index is 0.184. The molecule has 0 aliphatic heterocycles. The van der Waals surface area contributed by atoms with E-state index in [0.29, 0.717) is 5.69 Å². The first-order chi connectivity index (χ1) is 17.6. The van der Waals surface area contributed by atoms with E-state index in [-0.39, 0.29) is 24.4 Å². The van der Waals surface area contributed by atoms with Gasteiger partial charge in [0, 0.05) is 5.56 Å². The van der Waals surface area contributed by atoms with Gasteiger partial charge >= 0.3 is 0 Å². The number of carbonyl (C=O) groups excluding carboxylic acids is 1. The number of aliphatic hydroxyl groups excluding tert-OH is 1. The summed E-state index contributed by atoms with van der Waals surface area (Å²) in [7, 11) is 0. The number of rotatable bonds is 6. The minimum Gasteiger partial charge on any atom is -0.394 e. The number of aromatic nitrogens is 2. The predicted octanol–water partition coefficient (Wildman–Crippen LogP) is 6.26. The van der Waals surface area contributed by atoms with Crippen molar-refractivity contribution in [3.63, 3.8) is 0 Å². The SMILES string of the molecule is O=C(N[C@@H](CO)c1ccccc1)c1nn(C2CCCCC2)c2c1CCCCC2=Cc1ccc(F)cc1. The van der Waals surface area contributed by atoms with Crippen LogP contribution in [0.2, 0.25) is 0 Å². The van der Waals surface area contributed by atoms with Gasteiger partial charge in [0.15, 0.2) is 5.69 Å². The number of aliphatic hydroxyl groups is 1. The van der Waals surface area contributed by atoms with Gasteiger partial charge in [-0.15, -0.1) is 0 Å². The number of hydrogen-bond acceptors (Lipinski definition) is 3. The number of nitrogens with one attached hydrogen (secondary N) is 1. The van der Waals surface area contributed by atoms with Crippen molar-refractivity contribution in [3.05, 3.63) is 88.5 Å². The van der Waals surface area contributed by atoms with Crippen molar-refractivity contribution in [1.82, 2.24) is 15.1 Å². The lowest BCUT2D eigenvalue weighted by Gasteiger charge is -2.25. The van der Waals surface area contributed by atoms with E-state index in [4.69, 9.17) is 5.10 Å². The number of hydrogen-bond donors (Lipinski definition) is 2. The van der Waals surface area contributed by atoms with E-state index >= 15 is 0 Å². The van der Waals surface area contributed by atoms with Crippen LogP contribution in [-0.2, 0) is 6.42 Å². The molecule has 1 heterocycles. The highest BCUT2D eigenvalue weighted by Crippen LogP contribution is 2.38. The highest BCUT2D eigenvalue weighted by atomic mass is 19.1. The Bertz CT molecular complexity index is 1210. The number of benzene rings is 2. The summed E-state index contributed by atoms with van der Waals surface area (Å²) in [5.41, 5.74) is 5.50. The lowest BCUT2D eigenvalue weighted by molar-refractivity contribution is 0.0908.